The molecule has 1 saturated heterocycles. The van der Waals surface area contributed by atoms with E-state index in [1.165, 1.54) is 12.4 Å². The number of ether oxygens (including phenoxy) is 1. The molecule has 1 unspecified atom stereocenters. The molecule has 10 heteroatoms. The maximum atomic E-state index is 12.1. The number of anilines is 1. The molecule has 2 aromatic rings. The van der Waals surface area contributed by atoms with Crippen molar-refractivity contribution >= 4 is 38.6 Å². The Balaban J connectivity index is 1.69. The lowest BCUT2D eigenvalue weighted by atomic mass is 10.2. The summed E-state index contributed by atoms with van der Waals surface area (Å²) in [5.41, 5.74) is 0.400. The summed E-state index contributed by atoms with van der Waals surface area (Å²) in [7, 11) is -3.67. The second-order valence-electron chi connectivity index (χ2n) is 4.62. The SMILES string of the molecule is O=S(=O)(Nc1cnn(CC2CCCO2)c1)c1cnc(Cl)s1. The van der Waals surface area contributed by atoms with Crippen molar-refractivity contribution in [2.45, 2.75) is 29.7 Å². The summed E-state index contributed by atoms with van der Waals surface area (Å²) < 4.78 is 34.1. The fourth-order valence-electron chi connectivity index (χ4n) is 2.08. The van der Waals surface area contributed by atoms with Crippen LogP contribution < -0.4 is 4.72 Å². The zero-order valence-electron chi connectivity index (χ0n) is 10.9. The summed E-state index contributed by atoms with van der Waals surface area (Å²) in [4.78, 5) is 3.73. The molecule has 1 atom stereocenters. The van der Waals surface area contributed by atoms with Gasteiger partial charge in [0.1, 0.15) is 0 Å². The number of aromatic nitrogens is 3. The highest BCUT2D eigenvalue weighted by molar-refractivity contribution is 7.94. The lowest BCUT2D eigenvalue weighted by molar-refractivity contribution is 0.0940. The first kappa shape index (κ1) is 14.8. The molecule has 0 aliphatic carbocycles. The van der Waals surface area contributed by atoms with Gasteiger partial charge in [0, 0.05) is 12.8 Å². The molecule has 2 aromatic heterocycles. The van der Waals surface area contributed by atoms with Gasteiger partial charge in [0.05, 0.1) is 30.7 Å². The van der Waals surface area contributed by atoms with Crippen LogP contribution in [-0.2, 0) is 21.3 Å². The summed E-state index contributed by atoms with van der Waals surface area (Å²) in [6.07, 6.45) is 6.54. The quantitative estimate of drug-likeness (QED) is 0.892. The third kappa shape index (κ3) is 3.54. The molecule has 0 amide bonds. The summed E-state index contributed by atoms with van der Waals surface area (Å²) >= 11 is 6.56. The van der Waals surface area contributed by atoms with E-state index < -0.39 is 10.0 Å². The Morgan fingerprint density at radius 2 is 2.38 bits per heavy atom. The monoisotopic (exact) mass is 348 g/mol. The highest BCUT2D eigenvalue weighted by Crippen LogP contribution is 2.24. The normalized spacial score (nSPS) is 19.0. The molecule has 1 aliphatic rings. The highest BCUT2D eigenvalue weighted by Gasteiger charge is 2.20. The molecule has 0 radical (unpaired) electrons. The molecule has 7 nitrogen and oxygen atoms in total. The van der Waals surface area contributed by atoms with Crippen molar-refractivity contribution in [3.8, 4) is 0 Å². The van der Waals surface area contributed by atoms with Crippen molar-refractivity contribution in [1.82, 2.24) is 14.8 Å². The minimum atomic E-state index is -3.67. The predicted molar refractivity (Wildman–Crippen MR) is 79.1 cm³/mol. The molecule has 21 heavy (non-hydrogen) atoms. The Morgan fingerprint density at radius 1 is 1.52 bits per heavy atom. The zero-order valence-corrected chi connectivity index (χ0v) is 13.3. The van der Waals surface area contributed by atoms with E-state index in [4.69, 9.17) is 16.3 Å². The third-order valence-corrected chi connectivity index (χ3v) is 5.98. The molecule has 0 bridgehead atoms. The van der Waals surface area contributed by atoms with Gasteiger partial charge in [-0.3, -0.25) is 9.40 Å². The third-order valence-electron chi connectivity index (χ3n) is 3.02. The maximum Gasteiger partial charge on any atom is 0.273 e. The molecule has 3 rings (SSSR count). The molecule has 114 valence electrons. The lowest BCUT2D eigenvalue weighted by Gasteiger charge is -2.08. The molecule has 0 saturated carbocycles. The van der Waals surface area contributed by atoms with Crippen LogP contribution in [0.3, 0.4) is 0 Å². The van der Waals surface area contributed by atoms with E-state index in [9.17, 15) is 8.42 Å². The molecule has 0 aromatic carbocycles. The highest BCUT2D eigenvalue weighted by atomic mass is 35.5. The van der Waals surface area contributed by atoms with Crippen molar-refractivity contribution < 1.29 is 13.2 Å². The van der Waals surface area contributed by atoms with E-state index in [-0.39, 0.29) is 14.8 Å². The maximum absolute atomic E-state index is 12.1. The van der Waals surface area contributed by atoms with Crippen molar-refractivity contribution in [3.63, 3.8) is 0 Å². The number of hydrogen-bond donors (Lipinski definition) is 1. The lowest BCUT2D eigenvalue weighted by Crippen LogP contribution is -2.15. The van der Waals surface area contributed by atoms with Crippen LogP contribution in [0.2, 0.25) is 4.47 Å². The fraction of sp³-hybridized carbons (Fsp3) is 0.455. The first-order valence-electron chi connectivity index (χ1n) is 6.31. The number of hydrogen-bond acceptors (Lipinski definition) is 6. The van der Waals surface area contributed by atoms with Crippen molar-refractivity contribution in [2.75, 3.05) is 11.3 Å². The topological polar surface area (TPSA) is 86.1 Å². The molecular weight excluding hydrogens is 336 g/mol. The van der Waals surface area contributed by atoms with Gasteiger partial charge in [0.15, 0.2) is 8.68 Å². The van der Waals surface area contributed by atoms with Crippen LogP contribution in [0.5, 0.6) is 0 Å². The minimum Gasteiger partial charge on any atom is -0.376 e. The van der Waals surface area contributed by atoms with Gasteiger partial charge in [-0.1, -0.05) is 22.9 Å². The standard InChI is InChI=1S/C11H13ClN4O3S2/c12-11-13-5-10(20-11)21(17,18)15-8-4-14-16(6-8)7-9-2-1-3-19-9/h4-6,9,15H,1-3,7H2. The average Bonchev–Trinajstić information content (AvgIpc) is 3.12. The Hall–Kier alpha value is -1.16. The van der Waals surface area contributed by atoms with Crippen LogP contribution in [0, 0.1) is 0 Å². The van der Waals surface area contributed by atoms with Gasteiger partial charge < -0.3 is 4.74 Å². The first-order chi connectivity index (χ1) is 10.0. The summed E-state index contributed by atoms with van der Waals surface area (Å²) in [5, 5.41) is 4.13. The number of thiazole rings is 1. The van der Waals surface area contributed by atoms with Crippen molar-refractivity contribution in [1.29, 1.82) is 0 Å². The van der Waals surface area contributed by atoms with E-state index in [2.05, 4.69) is 14.8 Å². The number of rotatable bonds is 5. The Kier molecular flexibility index (Phi) is 4.16. The summed E-state index contributed by atoms with van der Waals surface area (Å²) in [6, 6.07) is 0. The van der Waals surface area contributed by atoms with Crippen LogP contribution in [0.1, 0.15) is 12.8 Å². The number of sulfonamides is 1. The average molecular weight is 349 g/mol. The minimum absolute atomic E-state index is 0.0689. The molecular formula is C11H13ClN4O3S2. The molecule has 1 fully saturated rings. The van der Waals surface area contributed by atoms with Crippen LogP contribution in [0.25, 0.3) is 0 Å². The molecule has 3 heterocycles. The Labute approximate surface area is 131 Å². The van der Waals surface area contributed by atoms with Crippen LogP contribution >= 0.6 is 22.9 Å². The summed E-state index contributed by atoms with van der Waals surface area (Å²) in [6.45, 7) is 1.39. The zero-order chi connectivity index (χ0) is 14.9. The second-order valence-corrected chi connectivity index (χ2v) is 8.15. The van der Waals surface area contributed by atoms with E-state index >= 15 is 0 Å². The van der Waals surface area contributed by atoms with Crippen LogP contribution in [0.15, 0.2) is 22.8 Å². The number of halogens is 1. The van der Waals surface area contributed by atoms with E-state index in [0.29, 0.717) is 12.2 Å². The van der Waals surface area contributed by atoms with Gasteiger partial charge in [-0.15, -0.1) is 0 Å². The number of nitrogens with zero attached hydrogens (tertiary/aromatic N) is 3. The van der Waals surface area contributed by atoms with Gasteiger partial charge in [-0.2, -0.15) is 5.10 Å². The van der Waals surface area contributed by atoms with Gasteiger partial charge in [-0.05, 0) is 12.8 Å². The Bertz CT molecular complexity index is 721. The van der Waals surface area contributed by atoms with Crippen LogP contribution in [-0.4, -0.2) is 35.9 Å². The Morgan fingerprint density at radius 3 is 3.05 bits per heavy atom. The first-order valence-corrected chi connectivity index (χ1v) is 8.99. The molecule has 0 spiro atoms. The summed E-state index contributed by atoms with van der Waals surface area (Å²) in [5.74, 6) is 0. The molecule has 1 aliphatic heterocycles. The fourth-order valence-corrected chi connectivity index (χ4v) is 4.40. The predicted octanol–water partition coefficient (Wildman–Crippen LogP) is 1.97. The molecule has 1 N–H and O–H groups in total. The van der Waals surface area contributed by atoms with Crippen molar-refractivity contribution in [3.05, 3.63) is 23.1 Å². The van der Waals surface area contributed by atoms with Crippen molar-refractivity contribution in [2.24, 2.45) is 0 Å². The van der Waals surface area contributed by atoms with Gasteiger partial charge >= 0.3 is 0 Å². The van der Waals surface area contributed by atoms with E-state index in [1.807, 2.05) is 0 Å². The van der Waals surface area contributed by atoms with Gasteiger partial charge in [0.2, 0.25) is 0 Å². The van der Waals surface area contributed by atoms with E-state index in [1.54, 1.807) is 10.9 Å². The van der Waals surface area contributed by atoms with Crippen LogP contribution in [0.4, 0.5) is 5.69 Å². The van der Waals surface area contributed by atoms with Gasteiger partial charge in [0.25, 0.3) is 10.0 Å². The second kappa shape index (κ2) is 5.91. The van der Waals surface area contributed by atoms with Gasteiger partial charge in [-0.25, -0.2) is 13.4 Å². The van der Waals surface area contributed by atoms with E-state index in [0.717, 1.165) is 30.8 Å². The smallest absolute Gasteiger partial charge is 0.273 e. The largest absolute Gasteiger partial charge is 0.376 e. The number of nitrogens with one attached hydrogen (secondary N) is 1.